The fourth-order valence-electron chi connectivity index (χ4n) is 3.23. The van der Waals surface area contributed by atoms with Gasteiger partial charge in [-0.3, -0.25) is 9.20 Å². The lowest BCUT2D eigenvalue weighted by molar-refractivity contribution is 0.102. The van der Waals surface area contributed by atoms with Gasteiger partial charge in [0.05, 0.1) is 14.2 Å². The predicted molar refractivity (Wildman–Crippen MR) is 118 cm³/mol. The van der Waals surface area contributed by atoms with Gasteiger partial charge in [-0.15, -0.1) is 0 Å². The van der Waals surface area contributed by atoms with Crippen LogP contribution in [0.3, 0.4) is 0 Å². The number of carbonyl (C=O) groups is 1. The van der Waals surface area contributed by atoms with Crippen LogP contribution in [0.1, 0.15) is 15.9 Å². The lowest BCUT2D eigenvalue weighted by Crippen LogP contribution is -2.14. The molecule has 1 amide bonds. The fraction of sp³-hybridized carbons (Fsp3) is 0.130. The molecule has 1 N–H and O–H groups in total. The molecule has 0 aliphatic carbocycles. The smallest absolute Gasteiger partial charge is 0.257 e. The van der Waals surface area contributed by atoms with Gasteiger partial charge in [-0.2, -0.15) is 0 Å². The highest BCUT2D eigenvalue weighted by atomic mass is 35.5. The molecular weight excluding hydrogens is 402 g/mol. The number of hydrogen-bond donors (Lipinski definition) is 1. The summed E-state index contributed by atoms with van der Waals surface area (Å²) in [5, 5.41) is 3.60. The van der Waals surface area contributed by atoms with Crippen molar-refractivity contribution >= 4 is 29.0 Å². The first-order chi connectivity index (χ1) is 14.5. The molecule has 0 unspecified atom stereocenters. The van der Waals surface area contributed by atoms with Crippen LogP contribution in [0.15, 0.2) is 60.8 Å². The molecule has 2 aromatic heterocycles. The predicted octanol–water partition coefficient (Wildman–Crippen LogP) is 5.23. The van der Waals surface area contributed by atoms with E-state index in [-0.39, 0.29) is 5.91 Å². The van der Waals surface area contributed by atoms with Gasteiger partial charge in [-0.05, 0) is 42.8 Å². The van der Waals surface area contributed by atoms with E-state index in [1.807, 2.05) is 47.9 Å². The monoisotopic (exact) mass is 421 g/mol. The quantitative estimate of drug-likeness (QED) is 0.479. The number of nitrogens with zero attached hydrogens (tertiary/aromatic N) is 2. The van der Waals surface area contributed by atoms with Crippen molar-refractivity contribution in [3.05, 3.63) is 76.9 Å². The molecular formula is C23H20ClN3O3. The van der Waals surface area contributed by atoms with Crippen molar-refractivity contribution in [3.8, 4) is 22.8 Å². The molecule has 0 spiro atoms. The maximum Gasteiger partial charge on any atom is 0.257 e. The van der Waals surface area contributed by atoms with E-state index in [1.165, 1.54) is 0 Å². The van der Waals surface area contributed by atoms with Crippen LogP contribution in [0, 0.1) is 6.92 Å². The molecule has 6 nitrogen and oxygen atoms in total. The standard InChI is InChI=1S/C23H20ClN3O3/c1-14-7-8-20-25-21(15-5-4-6-17(24)9-15)22(27(20)13-14)26-23(28)16-10-18(29-2)12-19(11-16)30-3/h4-13H,1-3H3,(H,26,28). The van der Waals surface area contributed by atoms with Crippen LogP contribution in [-0.2, 0) is 0 Å². The van der Waals surface area contributed by atoms with Gasteiger partial charge in [-0.1, -0.05) is 29.8 Å². The summed E-state index contributed by atoms with van der Waals surface area (Å²) < 4.78 is 12.4. The van der Waals surface area contributed by atoms with Gasteiger partial charge >= 0.3 is 0 Å². The number of nitrogens with one attached hydrogen (secondary N) is 1. The molecule has 0 atom stereocenters. The summed E-state index contributed by atoms with van der Waals surface area (Å²) in [4.78, 5) is 17.9. The molecule has 0 aliphatic rings. The van der Waals surface area contributed by atoms with Gasteiger partial charge in [0.2, 0.25) is 0 Å². The maximum absolute atomic E-state index is 13.1. The van der Waals surface area contributed by atoms with Crippen molar-refractivity contribution in [2.24, 2.45) is 0 Å². The van der Waals surface area contributed by atoms with Crippen LogP contribution in [0.5, 0.6) is 11.5 Å². The third-order valence-corrected chi connectivity index (χ3v) is 4.95. The van der Waals surface area contributed by atoms with Crippen LogP contribution < -0.4 is 14.8 Å². The van der Waals surface area contributed by atoms with Crippen molar-refractivity contribution in [3.63, 3.8) is 0 Å². The number of imidazole rings is 1. The number of ether oxygens (including phenoxy) is 2. The summed E-state index contributed by atoms with van der Waals surface area (Å²) in [6.07, 6.45) is 1.93. The molecule has 7 heteroatoms. The molecule has 30 heavy (non-hydrogen) atoms. The van der Waals surface area contributed by atoms with Gasteiger partial charge in [0.1, 0.15) is 28.7 Å². The number of anilines is 1. The van der Waals surface area contributed by atoms with Gasteiger partial charge in [0, 0.05) is 28.4 Å². The molecule has 4 rings (SSSR count). The van der Waals surface area contributed by atoms with Gasteiger partial charge in [0.15, 0.2) is 0 Å². The average molecular weight is 422 g/mol. The molecule has 2 heterocycles. The second-order valence-electron chi connectivity index (χ2n) is 6.81. The van der Waals surface area contributed by atoms with Gasteiger partial charge in [0.25, 0.3) is 5.91 Å². The molecule has 0 aliphatic heterocycles. The largest absolute Gasteiger partial charge is 0.497 e. The summed E-state index contributed by atoms with van der Waals surface area (Å²) in [6.45, 7) is 1.98. The summed E-state index contributed by atoms with van der Waals surface area (Å²) in [6, 6.07) is 16.3. The first kappa shape index (κ1) is 19.8. The summed E-state index contributed by atoms with van der Waals surface area (Å²) >= 11 is 6.19. The first-order valence-electron chi connectivity index (χ1n) is 9.27. The van der Waals surface area contributed by atoms with E-state index in [0.717, 1.165) is 11.1 Å². The van der Waals surface area contributed by atoms with Gasteiger partial charge in [-0.25, -0.2) is 4.98 Å². The van der Waals surface area contributed by atoms with Crippen molar-refractivity contribution in [2.75, 3.05) is 19.5 Å². The Morgan fingerprint density at radius 3 is 2.43 bits per heavy atom. The normalized spacial score (nSPS) is 10.8. The Balaban J connectivity index is 1.83. The minimum absolute atomic E-state index is 0.307. The number of carbonyl (C=O) groups excluding carboxylic acids is 1. The molecule has 0 fully saturated rings. The molecule has 152 valence electrons. The Morgan fingerprint density at radius 2 is 1.77 bits per heavy atom. The Hall–Kier alpha value is -3.51. The molecule has 0 radical (unpaired) electrons. The molecule has 0 saturated heterocycles. The second-order valence-corrected chi connectivity index (χ2v) is 7.25. The lowest BCUT2D eigenvalue weighted by atomic mass is 10.1. The number of aromatic nitrogens is 2. The number of hydrogen-bond acceptors (Lipinski definition) is 4. The summed E-state index contributed by atoms with van der Waals surface area (Å²) in [7, 11) is 3.09. The third kappa shape index (κ3) is 3.82. The number of fused-ring (bicyclic) bond motifs is 1. The van der Waals surface area contributed by atoms with E-state index in [1.54, 1.807) is 38.5 Å². The Kier molecular flexibility index (Phi) is 5.33. The molecule has 0 bridgehead atoms. The van der Waals surface area contributed by atoms with Crippen LogP contribution in [0.2, 0.25) is 5.02 Å². The van der Waals surface area contributed by atoms with E-state index < -0.39 is 0 Å². The van der Waals surface area contributed by atoms with Crippen molar-refractivity contribution in [2.45, 2.75) is 6.92 Å². The zero-order valence-electron chi connectivity index (χ0n) is 16.8. The number of amides is 1. The van der Waals surface area contributed by atoms with Crippen molar-refractivity contribution in [1.82, 2.24) is 9.38 Å². The first-order valence-corrected chi connectivity index (χ1v) is 9.65. The molecule has 4 aromatic rings. The average Bonchev–Trinajstić information content (AvgIpc) is 3.10. The number of methoxy groups -OCH3 is 2. The van der Waals surface area contributed by atoms with E-state index >= 15 is 0 Å². The SMILES string of the molecule is COc1cc(OC)cc(C(=O)Nc2c(-c3cccc(Cl)c3)nc3ccc(C)cn23)c1. The number of pyridine rings is 1. The lowest BCUT2D eigenvalue weighted by Gasteiger charge is -2.11. The topological polar surface area (TPSA) is 64.9 Å². The maximum atomic E-state index is 13.1. The van der Waals surface area contributed by atoms with Crippen molar-refractivity contribution in [1.29, 1.82) is 0 Å². The van der Waals surface area contributed by atoms with Crippen molar-refractivity contribution < 1.29 is 14.3 Å². The zero-order chi connectivity index (χ0) is 21.3. The highest BCUT2D eigenvalue weighted by molar-refractivity contribution is 6.30. The Morgan fingerprint density at radius 1 is 1.03 bits per heavy atom. The Bertz CT molecular complexity index is 1230. The Labute approximate surface area is 179 Å². The van der Waals surface area contributed by atoms with E-state index in [0.29, 0.717) is 39.2 Å². The van der Waals surface area contributed by atoms with E-state index in [4.69, 9.17) is 26.1 Å². The molecule has 2 aromatic carbocycles. The van der Waals surface area contributed by atoms with Crippen LogP contribution in [0.4, 0.5) is 5.82 Å². The van der Waals surface area contributed by atoms with Gasteiger partial charge < -0.3 is 14.8 Å². The molecule has 0 saturated carbocycles. The minimum atomic E-state index is -0.307. The summed E-state index contributed by atoms with van der Waals surface area (Å²) in [5.74, 6) is 1.31. The number of rotatable bonds is 5. The van der Waals surface area contributed by atoms with E-state index in [9.17, 15) is 4.79 Å². The van der Waals surface area contributed by atoms with Crippen LogP contribution in [-0.4, -0.2) is 29.5 Å². The van der Waals surface area contributed by atoms with E-state index in [2.05, 4.69) is 5.32 Å². The van der Waals surface area contributed by atoms with Crippen LogP contribution in [0.25, 0.3) is 16.9 Å². The van der Waals surface area contributed by atoms with Crippen LogP contribution >= 0.6 is 11.6 Å². The zero-order valence-corrected chi connectivity index (χ0v) is 17.5. The minimum Gasteiger partial charge on any atom is -0.497 e. The second kappa shape index (κ2) is 8.08. The number of aryl methyl sites for hydroxylation is 1. The number of halogens is 1. The third-order valence-electron chi connectivity index (χ3n) is 4.71. The highest BCUT2D eigenvalue weighted by Gasteiger charge is 2.19. The summed E-state index contributed by atoms with van der Waals surface area (Å²) in [5.41, 5.74) is 3.60. The number of benzene rings is 2. The highest BCUT2D eigenvalue weighted by Crippen LogP contribution is 2.31. The fourth-order valence-corrected chi connectivity index (χ4v) is 3.42.